The molecule has 0 aromatic heterocycles. The second kappa shape index (κ2) is 12.6. The van der Waals surface area contributed by atoms with Crippen LogP contribution in [-0.2, 0) is 35.7 Å². The van der Waals surface area contributed by atoms with Gasteiger partial charge in [-0.3, -0.25) is 9.59 Å². The summed E-state index contributed by atoms with van der Waals surface area (Å²) in [5.74, 6) is -1.90. The molecule has 0 aliphatic carbocycles. The van der Waals surface area contributed by atoms with Crippen molar-refractivity contribution in [3.05, 3.63) is 0 Å². The number of hydrogen-bond donors (Lipinski definition) is 2. The Morgan fingerprint density at radius 1 is 1.13 bits per heavy atom. The summed E-state index contributed by atoms with van der Waals surface area (Å²) >= 11 is 6.53. The molecule has 1 unspecified atom stereocenters. The van der Waals surface area contributed by atoms with Gasteiger partial charge in [-0.1, -0.05) is 0 Å². The van der Waals surface area contributed by atoms with Crippen LogP contribution in [0.5, 0.6) is 0 Å². The van der Waals surface area contributed by atoms with Crippen LogP contribution < -0.4 is 10.6 Å². The predicted molar refractivity (Wildman–Crippen MR) is 95.1 cm³/mol. The topological polar surface area (TPSA) is 93.7 Å². The minimum atomic E-state index is -0.831. The number of esters is 1. The molecule has 0 saturated carbocycles. The maximum Gasteiger partial charge on any atom is 0.328 e. The van der Waals surface area contributed by atoms with Crippen molar-refractivity contribution in [1.29, 1.82) is 0 Å². The van der Waals surface area contributed by atoms with Crippen molar-refractivity contribution < 1.29 is 23.9 Å². The lowest BCUT2D eigenvalue weighted by Crippen LogP contribution is -2.50. The van der Waals surface area contributed by atoms with Gasteiger partial charge in [0.2, 0.25) is 18.2 Å². The number of ether oxygens (including phenoxy) is 2. The summed E-state index contributed by atoms with van der Waals surface area (Å²) in [5.41, 5.74) is 0. The zero-order chi connectivity index (χ0) is 17.8. The monoisotopic (exact) mass is 383 g/mol. The van der Waals surface area contributed by atoms with Crippen LogP contribution in [0.4, 0.5) is 0 Å². The number of nitrogens with one attached hydrogen (secondary N) is 2. The molecule has 10 heteroatoms. The first kappa shape index (κ1) is 22.2. The van der Waals surface area contributed by atoms with Gasteiger partial charge in [0.15, 0.2) is 11.8 Å². The molecule has 0 radical (unpaired) electrons. The second-order valence-corrected chi connectivity index (χ2v) is 10.1. The van der Waals surface area contributed by atoms with E-state index in [-0.39, 0.29) is 18.3 Å². The lowest BCUT2D eigenvalue weighted by atomic mass is 10.2. The maximum absolute atomic E-state index is 11.9. The third-order valence-electron chi connectivity index (χ3n) is 2.51. The molecule has 0 rings (SSSR count). The van der Waals surface area contributed by atoms with E-state index in [4.69, 9.17) is 21.3 Å². The molecule has 132 valence electrons. The summed E-state index contributed by atoms with van der Waals surface area (Å²) in [6.07, 6.45) is 0.464. The molecule has 0 fully saturated rings. The zero-order valence-corrected chi connectivity index (χ0v) is 16.3. The van der Waals surface area contributed by atoms with Crippen molar-refractivity contribution in [1.82, 2.24) is 10.6 Å². The van der Waals surface area contributed by atoms with Crippen LogP contribution in [0.1, 0.15) is 27.7 Å². The number of carbonyl (C=O) groups excluding carboxylic acids is 3. The summed E-state index contributed by atoms with van der Waals surface area (Å²) in [5, 5.41) is 5.06. The van der Waals surface area contributed by atoms with Crippen molar-refractivity contribution in [3.8, 4) is 0 Å². The second-order valence-electron chi connectivity index (χ2n) is 4.50. The SMILES string of the molecule is CCOC[P+](=S)SCC(=O)N[C@@H](C)C(=O)N[C@@H](C)C(=O)OCC. The first-order valence-electron chi connectivity index (χ1n) is 7.23. The van der Waals surface area contributed by atoms with Gasteiger partial charge in [-0.25, -0.2) is 4.79 Å². The fourth-order valence-electron chi connectivity index (χ4n) is 1.35. The van der Waals surface area contributed by atoms with E-state index >= 15 is 0 Å². The normalized spacial score (nSPS) is 13.7. The highest BCUT2D eigenvalue weighted by atomic mass is 32.9. The molecule has 0 spiro atoms. The van der Waals surface area contributed by atoms with Crippen LogP contribution in [0.25, 0.3) is 0 Å². The van der Waals surface area contributed by atoms with Crippen LogP contribution in [0.15, 0.2) is 0 Å². The van der Waals surface area contributed by atoms with Gasteiger partial charge in [0.05, 0.1) is 6.61 Å². The van der Waals surface area contributed by atoms with Crippen LogP contribution in [0.3, 0.4) is 0 Å². The van der Waals surface area contributed by atoms with E-state index in [2.05, 4.69) is 10.6 Å². The maximum atomic E-state index is 11.9. The number of rotatable bonds is 11. The standard InChI is InChI=1S/C13H23N2O5PS2/c1-5-19-8-21(22)23-7-11(16)14-9(3)12(17)15-10(4)13(18)20-6-2/h9-10H,5-8H2,1-4H3,(H-,14,15,16,17)/p+1/t9-,10-/m0/s1. The summed E-state index contributed by atoms with van der Waals surface area (Å²) in [4.78, 5) is 35.1. The lowest BCUT2D eigenvalue weighted by Gasteiger charge is -2.17. The Morgan fingerprint density at radius 3 is 2.35 bits per heavy atom. The minimum Gasteiger partial charge on any atom is -0.464 e. The first-order chi connectivity index (χ1) is 10.8. The summed E-state index contributed by atoms with van der Waals surface area (Å²) in [6.45, 7) is 7.48. The molecule has 0 bridgehead atoms. The van der Waals surface area contributed by atoms with Crippen molar-refractivity contribution in [2.24, 2.45) is 0 Å². The molecular formula is C13H24N2O5PS2+. The Balaban J connectivity index is 4.13. The molecule has 0 aliphatic rings. The number of amides is 2. The van der Waals surface area contributed by atoms with Gasteiger partial charge in [-0.2, -0.15) is 0 Å². The van der Waals surface area contributed by atoms with Crippen LogP contribution >= 0.6 is 17.3 Å². The highest BCUT2D eigenvalue weighted by molar-refractivity contribution is 8.64. The summed E-state index contributed by atoms with van der Waals surface area (Å²) in [6, 6.07) is -1.51. The number of hydrogen-bond acceptors (Lipinski definition) is 7. The molecule has 23 heavy (non-hydrogen) atoms. The average Bonchev–Trinajstić information content (AvgIpc) is 2.50. The number of carbonyl (C=O) groups is 3. The van der Waals surface area contributed by atoms with E-state index in [0.29, 0.717) is 13.0 Å². The third-order valence-corrected chi connectivity index (χ3v) is 6.42. The third kappa shape index (κ3) is 10.6. The van der Waals surface area contributed by atoms with Gasteiger partial charge in [0, 0.05) is 6.61 Å². The van der Waals surface area contributed by atoms with Crippen LogP contribution in [-0.4, -0.2) is 55.2 Å². The highest BCUT2D eigenvalue weighted by Crippen LogP contribution is 2.37. The molecule has 2 amide bonds. The molecule has 2 N–H and O–H groups in total. The molecule has 0 heterocycles. The van der Waals surface area contributed by atoms with E-state index in [1.165, 1.54) is 18.3 Å². The van der Waals surface area contributed by atoms with Gasteiger partial charge < -0.3 is 20.1 Å². The van der Waals surface area contributed by atoms with E-state index < -0.39 is 29.9 Å². The summed E-state index contributed by atoms with van der Waals surface area (Å²) < 4.78 is 9.99. The Labute approximate surface area is 146 Å². The van der Waals surface area contributed by atoms with Crippen molar-refractivity contribution in [2.45, 2.75) is 39.8 Å². The lowest BCUT2D eigenvalue weighted by molar-refractivity contribution is -0.147. The Kier molecular flexibility index (Phi) is 12.2. The van der Waals surface area contributed by atoms with Gasteiger partial charge >= 0.3 is 5.97 Å². The van der Waals surface area contributed by atoms with E-state index in [1.807, 2.05) is 6.92 Å². The Bertz CT molecular complexity index is 437. The molecule has 0 aliphatic heterocycles. The zero-order valence-electron chi connectivity index (χ0n) is 13.8. The molecule has 0 aromatic rings. The van der Waals surface area contributed by atoms with Crippen LogP contribution in [0.2, 0.25) is 0 Å². The quantitative estimate of drug-likeness (QED) is 0.408. The molecule has 0 aromatic carbocycles. The molecule has 7 nitrogen and oxygen atoms in total. The smallest absolute Gasteiger partial charge is 0.328 e. The van der Waals surface area contributed by atoms with E-state index in [0.717, 1.165) is 0 Å². The van der Waals surface area contributed by atoms with Crippen LogP contribution in [0, 0.1) is 0 Å². The first-order valence-corrected chi connectivity index (χ1v) is 11.4. The Hall–Kier alpha value is -0.760. The average molecular weight is 383 g/mol. The van der Waals surface area contributed by atoms with Gasteiger partial charge in [0.25, 0.3) is 5.90 Å². The predicted octanol–water partition coefficient (Wildman–Crippen LogP) is 1.14. The summed E-state index contributed by atoms with van der Waals surface area (Å²) in [7, 11) is 0. The molecule has 0 saturated heterocycles. The Morgan fingerprint density at radius 2 is 1.78 bits per heavy atom. The van der Waals surface area contributed by atoms with Crippen molar-refractivity contribution in [2.75, 3.05) is 25.3 Å². The largest absolute Gasteiger partial charge is 0.464 e. The fraction of sp³-hybridized carbons (Fsp3) is 0.769. The fourth-order valence-corrected chi connectivity index (χ4v) is 4.03. The van der Waals surface area contributed by atoms with Crippen molar-refractivity contribution >= 4 is 46.9 Å². The molecule has 3 atom stereocenters. The van der Waals surface area contributed by atoms with Gasteiger partial charge in [-0.15, -0.1) is 0 Å². The van der Waals surface area contributed by atoms with Gasteiger partial charge in [0.1, 0.15) is 29.2 Å². The van der Waals surface area contributed by atoms with Crippen molar-refractivity contribution in [3.63, 3.8) is 0 Å². The van der Waals surface area contributed by atoms with E-state index in [9.17, 15) is 14.4 Å². The molecular weight excluding hydrogens is 359 g/mol. The van der Waals surface area contributed by atoms with E-state index in [1.54, 1.807) is 13.8 Å². The minimum absolute atomic E-state index is 0.174. The highest BCUT2D eigenvalue weighted by Gasteiger charge is 2.22. The van der Waals surface area contributed by atoms with Gasteiger partial charge in [-0.05, 0) is 27.7 Å².